The summed E-state index contributed by atoms with van der Waals surface area (Å²) in [6, 6.07) is 4.97. The SMILES string of the molecule is CC(O)[C@H](N)c1cc(Br)ccc1Cl. The lowest BCUT2D eigenvalue weighted by molar-refractivity contribution is 0.164. The van der Waals surface area contributed by atoms with Crippen LogP contribution in [0.1, 0.15) is 18.5 Å². The van der Waals surface area contributed by atoms with Gasteiger partial charge >= 0.3 is 0 Å². The molecule has 1 aromatic rings. The first-order valence-electron chi connectivity index (χ1n) is 3.91. The molecule has 1 aromatic carbocycles. The summed E-state index contributed by atoms with van der Waals surface area (Å²) < 4.78 is 0.906. The van der Waals surface area contributed by atoms with Crippen LogP contribution < -0.4 is 5.73 Å². The number of hydrogen-bond acceptors (Lipinski definition) is 2. The smallest absolute Gasteiger partial charge is 0.0705 e. The van der Waals surface area contributed by atoms with Crippen molar-refractivity contribution in [1.82, 2.24) is 0 Å². The van der Waals surface area contributed by atoms with Gasteiger partial charge in [-0.2, -0.15) is 0 Å². The van der Waals surface area contributed by atoms with E-state index in [0.717, 1.165) is 10.0 Å². The van der Waals surface area contributed by atoms with Gasteiger partial charge in [0.15, 0.2) is 0 Å². The molecule has 0 spiro atoms. The van der Waals surface area contributed by atoms with Gasteiger partial charge in [0.05, 0.1) is 12.1 Å². The van der Waals surface area contributed by atoms with Gasteiger partial charge in [0.25, 0.3) is 0 Å². The summed E-state index contributed by atoms with van der Waals surface area (Å²) in [5.41, 5.74) is 6.51. The first-order valence-corrected chi connectivity index (χ1v) is 5.08. The summed E-state index contributed by atoms with van der Waals surface area (Å²) in [7, 11) is 0. The number of hydrogen-bond donors (Lipinski definition) is 2. The highest BCUT2D eigenvalue weighted by Gasteiger charge is 2.15. The summed E-state index contributed by atoms with van der Waals surface area (Å²) in [6.07, 6.45) is -0.605. The van der Waals surface area contributed by atoms with Gasteiger partial charge in [0.2, 0.25) is 0 Å². The fourth-order valence-corrected chi connectivity index (χ4v) is 1.65. The number of aliphatic hydroxyl groups is 1. The van der Waals surface area contributed by atoms with Gasteiger partial charge in [-0.25, -0.2) is 0 Å². The zero-order valence-electron chi connectivity index (χ0n) is 7.17. The van der Waals surface area contributed by atoms with Gasteiger partial charge in [0, 0.05) is 9.50 Å². The van der Waals surface area contributed by atoms with Crippen LogP contribution in [0.4, 0.5) is 0 Å². The Bertz CT molecular complexity index is 304. The van der Waals surface area contributed by atoms with E-state index in [-0.39, 0.29) is 0 Å². The van der Waals surface area contributed by atoms with Crippen LogP contribution in [0.15, 0.2) is 22.7 Å². The topological polar surface area (TPSA) is 46.2 Å². The van der Waals surface area contributed by atoms with E-state index >= 15 is 0 Å². The maximum Gasteiger partial charge on any atom is 0.0705 e. The number of nitrogens with two attached hydrogens (primary N) is 1. The molecule has 0 aromatic heterocycles. The first kappa shape index (κ1) is 11.0. The van der Waals surface area contributed by atoms with E-state index in [1.165, 1.54) is 0 Å². The van der Waals surface area contributed by atoms with Crippen molar-refractivity contribution >= 4 is 27.5 Å². The Morgan fingerprint density at radius 1 is 1.54 bits per heavy atom. The molecule has 3 N–H and O–H groups in total. The molecule has 0 aliphatic carbocycles. The Hall–Kier alpha value is -0.0900. The third kappa shape index (κ3) is 2.68. The molecular formula is C9H11BrClNO. The molecule has 0 bridgehead atoms. The van der Waals surface area contributed by atoms with Crippen LogP contribution in [0.2, 0.25) is 5.02 Å². The van der Waals surface area contributed by atoms with E-state index < -0.39 is 12.1 Å². The van der Waals surface area contributed by atoms with Gasteiger partial charge in [-0.3, -0.25) is 0 Å². The van der Waals surface area contributed by atoms with Gasteiger partial charge in [-0.1, -0.05) is 27.5 Å². The molecule has 0 saturated carbocycles. The van der Waals surface area contributed by atoms with Crippen molar-refractivity contribution < 1.29 is 5.11 Å². The van der Waals surface area contributed by atoms with Crippen LogP contribution >= 0.6 is 27.5 Å². The van der Waals surface area contributed by atoms with Crippen molar-refractivity contribution in [2.24, 2.45) is 5.73 Å². The molecular weight excluding hydrogens is 253 g/mol. The quantitative estimate of drug-likeness (QED) is 0.862. The van der Waals surface area contributed by atoms with Gasteiger partial charge in [0.1, 0.15) is 0 Å². The number of benzene rings is 1. The zero-order chi connectivity index (χ0) is 10.0. The third-order valence-corrected chi connectivity index (χ3v) is 2.67. The number of aliphatic hydroxyl groups excluding tert-OH is 1. The molecule has 0 saturated heterocycles. The molecule has 2 nitrogen and oxygen atoms in total. The van der Waals surface area contributed by atoms with Gasteiger partial charge < -0.3 is 10.8 Å². The van der Waals surface area contributed by atoms with Crippen LogP contribution in [0, 0.1) is 0 Å². The summed E-state index contributed by atoms with van der Waals surface area (Å²) in [4.78, 5) is 0. The van der Waals surface area contributed by atoms with Crippen LogP contribution in [-0.2, 0) is 0 Å². The van der Waals surface area contributed by atoms with E-state index in [9.17, 15) is 5.11 Å². The molecule has 0 aliphatic rings. The largest absolute Gasteiger partial charge is 0.391 e. The maximum absolute atomic E-state index is 9.29. The van der Waals surface area contributed by atoms with Crippen molar-refractivity contribution in [2.75, 3.05) is 0 Å². The summed E-state index contributed by atoms with van der Waals surface area (Å²) in [5.74, 6) is 0. The summed E-state index contributed by atoms with van der Waals surface area (Å²) in [6.45, 7) is 1.64. The monoisotopic (exact) mass is 263 g/mol. The molecule has 72 valence electrons. The Kier molecular flexibility index (Phi) is 3.74. The molecule has 0 aliphatic heterocycles. The van der Waals surface area contributed by atoms with Gasteiger partial charge in [-0.05, 0) is 30.7 Å². The van der Waals surface area contributed by atoms with Crippen molar-refractivity contribution in [3.8, 4) is 0 Å². The van der Waals surface area contributed by atoms with E-state index in [1.54, 1.807) is 13.0 Å². The molecule has 0 fully saturated rings. The van der Waals surface area contributed by atoms with E-state index in [2.05, 4.69) is 15.9 Å². The van der Waals surface area contributed by atoms with E-state index in [4.69, 9.17) is 17.3 Å². The zero-order valence-corrected chi connectivity index (χ0v) is 9.51. The molecule has 0 radical (unpaired) electrons. The lowest BCUT2D eigenvalue weighted by Crippen LogP contribution is -2.23. The molecule has 1 rings (SSSR count). The molecule has 1 unspecified atom stereocenters. The fourth-order valence-electron chi connectivity index (χ4n) is 1.03. The van der Waals surface area contributed by atoms with Gasteiger partial charge in [-0.15, -0.1) is 0 Å². The second kappa shape index (κ2) is 4.42. The standard InChI is InChI=1S/C9H11BrClNO/c1-5(13)9(12)7-4-6(10)2-3-8(7)11/h2-5,9,13H,12H2,1H3/t5?,9-/m0/s1. The highest BCUT2D eigenvalue weighted by Crippen LogP contribution is 2.26. The highest BCUT2D eigenvalue weighted by atomic mass is 79.9. The molecule has 0 amide bonds. The van der Waals surface area contributed by atoms with Crippen molar-refractivity contribution in [3.63, 3.8) is 0 Å². The van der Waals surface area contributed by atoms with Crippen LogP contribution in [0.5, 0.6) is 0 Å². The fraction of sp³-hybridized carbons (Fsp3) is 0.333. The Morgan fingerprint density at radius 2 is 2.15 bits per heavy atom. The number of halogens is 2. The second-order valence-corrected chi connectivity index (χ2v) is 4.26. The van der Waals surface area contributed by atoms with Crippen LogP contribution in [-0.4, -0.2) is 11.2 Å². The lowest BCUT2D eigenvalue weighted by atomic mass is 10.0. The molecule has 4 heteroatoms. The van der Waals surface area contributed by atoms with Crippen LogP contribution in [0.25, 0.3) is 0 Å². The number of rotatable bonds is 2. The summed E-state index contributed by atoms with van der Waals surface area (Å²) in [5, 5.41) is 9.87. The van der Waals surface area contributed by atoms with Crippen molar-refractivity contribution in [3.05, 3.63) is 33.3 Å². The van der Waals surface area contributed by atoms with Crippen molar-refractivity contribution in [1.29, 1.82) is 0 Å². The maximum atomic E-state index is 9.29. The van der Waals surface area contributed by atoms with Crippen molar-refractivity contribution in [2.45, 2.75) is 19.1 Å². The lowest BCUT2D eigenvalue weighted by Gasteiger charge is -2.16. The van der Waals surface area contributed by atoms with E-state index in [0.29, 0.717) is 5.02 Å². The Morgan fingerprint density at radius 3 is 2.69 bits per heavy atom. The van der Waals surface area contributed by atoms with E-state index in [1.807, 2.05) is 12.1 Å². The predicted molar refractivity (Wildman–Crippen MR) is 57.8 cm³/mol. The average Bonchev–Trinajstić information content (AvgIpc) is 2.08. The predicted octanol–water partition coefficient (Wildman–Crippen LogP) is 2.48. The third-order valence-electron chi connectivity index (χ3n) is 1.84. The molecule has 13 heavy (non-hydrogen) atoms. The minimum Gasteiger partial charge on any atom is -0.391 e. The highest BCUT2D eigenvalue weighted by molar-refractivity contribution is 9.10. The molecule has 0 heterocycles. The average molecular weight is 265 g/mol. The Balaban J connectivity index is 3.05. The second-order valence-electron chi connectivity index (χ2n) is 2.93. The minimum atomic E-state index is -0.605. The normalized spacial score (nSPS) is 15.5. The molecule has 2 atom stereocenters. The first-order chi connectivity index (χ1) is 6.02. The summed E-state index contributed by atoms with van der Waals surface area (Å²) >= 11 is 9.24. The van der Waals surface area contributed by atoms with Crippen LogP contribution in [0.3, 0.4) is 0 Å². The Labute approximate surface area is 90.8 Å². The minimum absolute atomic E-state index is 0.440.